The highest BCUT2D eigenvalue weighted by Crippen LogP contribution is 2.31. The summed E-state index contributed by atoms with van der Waals surface area (Å²) in [5.74, 6) is -0.200. The quantitative estimate of drug-likeness (QED) is 0.655. The van der Waals surface area contributed by atoms with E-state index in [1.165, 1.54) is 0 Å². The van der Waals surface area contributed by atoms with Gasteiger partial charge in [-0.2, -0.15) is 5.10 Å². The highest BCUT2D eigenvalue weighted by Gasteiger charge is 2.34. The Morgan fingerprint density at radius 2 is 1.65 bits per heavy atom. The van der Waals surface area contributed by atoms with E-state index in [1.807, 2.05) is 68.9 Å². The Morgan fingerprint density at radius 3 is 2.16 bits per heavy atom. The number of aromatic nitrogens is 2. The van der Waals surface area contributed by atoms with Crippen LogP contribution >= 0.6 is 0 Å². The molecule has 0 spiro atoms. The maximum Gasteiger partial charge on any atom is 0.264 e. The van der Waals surface area contributed by atoms with Crippen molar-refractivity contribution in [3.63, 3.8) is 0 Å². The zero-order chi connectivity index (χ0) is 22.0. The zero-order valence-electron chi connectivity index (χ0n) is 18.4. The minimum Gasteiger partial charge on any atom is -0.382 e. The van der Waals surface area contributed by atoms with E-state index in [2.05, 4.69) is 39.8 Å². The predicted molar refractivity (Wildman–Crippen MR) is 121 cm³/mol. The van der Waals surface area contributed by atoms with E-state index in [9.17, 15) is 4.79 Å². The maximum absolute atomic E-state index is 13.0. The summed E-state index contributed by atoms with van der Waals surface area (Å²) in [6.07, 6.45) is -0.178. The molecule has 1 amide bonds. The summed E-state index contributed by atoms with van der Waals surface area (Å²) in [4.78, 5) is 18.6. The van der Waals surface area contributed by atoms with Gasteiger partial charge in [0.15, 0.2) is 0 Å². The second-order valence-electron chi connectivity index (χ2n) is 8.07. The van der Waals surface area contributed by atoms with Crippen LogP contribution in [0.25, 0.3) is 0 Å². The number of carbonyl (C=O) groups is 1. The molecule has 0 saturated carbocycles. The Hall–Kier alpha value is -3.41. The summed E-state index contributed by atoms with van der Waals surface area (Å²) in [6.45, 7) is 5.94. The van der Waals surface area contributed by atoms with Gasteiger partial charge in [-0.15, -0.1) is 0 Å². The van der Waals surface area contributed by atoms with Crippen molar-refractivity contribution in [2.24, 2.45) is 12.2 Å². The van der Waals surface area contributed by atoms with Crippen molar-refractivity contribution in [3.8, 4) is 0 Å². The van der Waals surface area contributed by atoms with Gasteiger partial charge in [-0.1, -0.05) is 65.8 Å². The Kier molecular flexibility index (Phi) is 5.89. The maximum atomic E-state index is 13.0. The SMILES string of the molecule is Cc1nn(C)c(C)c1C(C)NC(=O)C1CC(C(c2ccccc2)c2ccccc2)=NO1. The molecule has 1 aromatic heterocycles. The molecular weight excluding hydrogens is 388 g/mol. The minimum atomic E-state index is -0.635. The molecular formula is C25H28N4O2. The number of aryl methyl sites for hydroxylation is 2. The topological polar surface area (TPSA) is 68.5 Å². The molecule has 2 heterocycles. The lowest BCUT2D eigenvalue weighted by molar-refractivity contribution is -0.131. The third-order valence-corrected chi connectivity index (χ3v) is 5.94. The Bertz CT molecular complexity index is 1050. The molecule has 31 heavy (non-hydrogen) atoms. The molecule has 2 aromatic carbocycles. The number of nitrogens with one attached hydrogen (secondary N) is 1. The van der Waals surface area contributed by atoms with E-state index >= 15 is 0 Å². The number of benzene rings is 2. The number of amides is 1. The second-order valence-corrected chi connectivity index (χ2v) is 8.07. The van der Waals surface area contributed by atoms with Crippen LogP contribution in [0.5, 0.6) is 0 Å². The summed E-state index contributed by atoms with van der Waals surface area (Å²) >= 11 is 0. The van der Waals surface area contributed by atoms with Gasteiger partial charge in [-0.3, -0.25) is 9.48 Å². The van der Waals surface area contributed by atoms with Crippen molar-refractivity contribution in [1.29, 1.82) is 0 Å². The van der Waals surface area contributed by atoms with E-state index in [-0.39, 0.29) is 17.9 Å². The summed E-state index contributed by atoms with van der Waals surface area (Å²) in [5.41, 5.74) is 6.13. The molecule has 2 unspecified atom stereocenters. The molecule has 0 saturated heterocycles. The van der Waals surface area contributed by atoms with Gasteiger partial charge < -0.3 is 10.2 Å². The summed E-state index contributed by atoms with van der Waals surface area (Å²) < 4.78 is 1.84. The van der Waals surface area contributed by atoms with Crippen LogP contribution in [-0.4, -0.2) is 27.5 Å². The van der Waals surface area contributed by atoms with Gasteiger partial charge in [0.1, 0.15) is 0 Å². The third kappa shape index (κ3) is 4.24. The molecule has 6 heteroatoms. The first-order chi connectivity index (χ1) is 15.0. The van der Waals surface area contributed by atoms with Gasteiger partial charge >= 0.3 is 0 Å². The van der Waals surface area contributed by atoms with Gasteiger partial charge in [-0.05, 0) is 31.9 Å². The number of carbonyl (C=O) groups excluding carboxylic acids is 1. The highest BCUT2D eigenvalue weighted by molar-refractivity contribution is 5.98. The number of hydrogen-bond acceptors (Lipinski definition) is 4. The van der Waals surface area contributed by atoms with Gasteiger partial charge in [0, 0.05) is 24.7 Å². The fraction of sp³-hybridized carbons (Fsp3) is 0.320. The third-order valence-electron chi connectivity index (χ3n) is 5.94. The smallest absolute Gasteiger partial charge is 0.264 e. The van der Waals surface area contributed by atoms with Gasteiger partial charge in [0.25, 0.3) is 5.91 Å². The van der Waals surface area contributed by atoms with E-state index in [0.717, 1.165) is 33.8 Å². The van der Waals surface area contributed by atoms with Crippen molar-refractivity contribution in [2.45, 2.75) is 45.3 Å². The first-order valence-corrected chi connectivity index (χ1v) is 10.6. The van der Waals surface area contributed by atoms with E-state index in [4.69, 9.17) is 4.84 Å². The molecule has 0 aliphatic carbocycles. The summed E-state index contributed by atoms with van der Waals surface area (Å²) in [6, 6.07) is 20.3. The first kappa shape index (κ1) is 20.8. The zero-order valence-corrected chi connectivity index (χ0v) is 18.4. The molecule has 160 valence electrons. The first-order valence-electron chi connectivity index (χ1n) is 10.6. The number of hydrogen-bond donors (Lipinski definition) is 1. The summed E-state index contributed by atoms with van der Waals surface area (Å²) in [7, 11) is 1.91. The molecule has 3 aromatic rings. The van der Waals surface area contributed by atoms with Crippen molar-refractivity contribution >= 4 is 11.6 Å². The second kappa shape index (κ2) is 8.76. The standard InChI is InChI=1S/C25H28N4O2/c1-16(23-17(2)27-29(4)18(23)3)26-25(30)22-15-21(28-31-22)24(19-11-7-5-8-12-19)20-13-9-6-10-14-20/h5-14,16,22,24H,15H2,1-4H3,(H,26,30). The largest absolute Gasteiger partial charge is 0.382 e. The fourth-order valence-electron chi connectivity index (χ4n) is 4.37. The van der Waals surface area contributed by atoms with Gasteiger partial charge in [-0.25, -0.2) is 0 Å². The molecule has 0 fully saturated rings. The van der Waals surface area contributed by atoms with E-state index < -0.39 is 6.10 Å². The molecule has 6 nitrogen and oxygen atoms in total. The fourth-order valence-corrected chi connectivity index (χ4v) is 4.37. The van der Waals surface area contributed by atoms with E-state index in [0.29, 0.717) is 6.42 Å². The van der Waals surface area contributed by atoms with Crippen LogP contribution in [0.4, 0.5) is 0 Å². The minimum absolute atomic E-state index is 0.0413. The number of oxime groups is 1. The van der Waals surface area contributed by atoms with Crippen molar-refractivity contribution in [1.82, 2.24) is 15.1 Å². The van der Waals surface area contributed by atoms with Crippen LogP contribution in [0.1, 0.15) is 53.4 Å². The van der Waals surface area contributed by atoms with Crippen molar-refractivity contribution in [3.05, 3.63) is 88.7 Å². The van der Waals surface area contributed by atoms with Crippen LogP contribution in [0.2, 0.25) is 0 Å². The molecule has 1 N–H and O–H groups in total. The van der Waals surface area contributed by atoms with Crippen LogP contribution in [0, 0.1) is 13.8 Å². The summed E-state index contributed by atoms with van der Waals surface area (Å²) in [5, 5.41) is 11.9. The molecule has 4 rings (SSSR count). The Balaban J connectivity index is 1.50. The van der Waals surface area contributed by atoms with Crippen LogP contribution < -0.4 is 5.32 Å². The Labute approximate surface area is 182 Å². The lowest BCUT2D eigenvalue weighted by atomic mass is 9.85. The Morgan fingerprint density at radius 1 is 1.06 bits per heavy atom. The van der Waals surface area contributed by atoms with Gasteiger partial charge in [0.05, 0.1) is 23.4 Å². The number of nitrogens with zero attached hydrogens (tertiary/aromatic N) is 3. The molecule has 2 atom stereocenters. The van der Waals surface area contributed by atoms with E-state index in [1.54, 1.807) is 0 Å². The lowest BCUT2D eigenvalue weighted by Gasteiger charge is -2.18. The average molecular weight is 417 g/mol. The molecule has 0 bridgehead atoms. The average Bonchev–Trinajstić information content (AvgIpc) is 3.34. The predicted octanol–water partition coefficient (Wildman–Crippen LogP) is 4.19. The van der Waals surface area contributed by atoms with Crippen molar-refractivity contribution < 1.29 is 9.63 Å². The lowest BCUT2D eigenvalue weighted by Crippen LogP contribution is -2.37. The van der Waals surface area contributed by atoms with Crippen molar-refractivity contribution in [2.75, 3.05) is 0 Å². The van der Waals surface area contributed by atoms with Gasteiger partial charge in [0.2, 0.25) is 6.10 Å². The highest BCUT2D eigenvalue weighted by atomic mass is 16.6. The van der Waals surface area contributed by atoms with Crippen LogP contribution in [-0.2, 0) is 16.7 Å². The van der Waals surface area contributed by atoms with Crippen LogP contribution in [0.15, 0.2) is 65.8 Å². The number of rotatable bonds is 6. The van der Waals surface area contributed by atoms with Crippen LogP contribution in [0.3, 0.4) is 0 Å². The molecule has 1 aliphatic rings. The normalized spacial score (nSPS) is 16.7. The molecule has 1 aliphatic heterocycles. The monoisotopic (exact) mass is 416 g/mol. The molecule has 0 radical (unpaired) electrons.